The third kappa shape index (κ3) is 4.61. The van der Waals surface area contributed by atoms with Gasteiger partial charge in [-0.2, -0.15) is 0 Å². The molecule has 6 heteroatoms. The number of hydrogen-bond acceptors (Lipinski definition) is 4. The number of aryl methyl sites for hydroxylation is 1. The summed E-state index contributed by atoms with van der Waals surface area (Å²) < 4.78 is 7.35. The largest absolute Gasteiger partial charge is 0.492 e. The van der Waals surface area contributed by atoms with Crippen LogP contribution in [0.4, 0.5) is 0 Å². The lowest BCUT2D eigenvalue weighted by molar-refractivity contribution is 0.0942. The van der Waals surface area contributed by atoms with Gasteiger partial charge in [0.25, 0.3) is 5.91 Å². The van der Waals surface area contributed by atoms with Crippen molar-refractivity contribution in [2.75, 3.05) is 19.7 Å². The highest BCUT2D eigenvalue weighted by Gasteiger charge is 2.08. The van der Waals surface area contributed by atoms with Crippen LogP contribution >= 0.6 is 0 Å². The molecule has 0 saturated heterocycles. The molecule has 0 atom stereocenters. The molecule has 0 spiro atoms. The molecule has 0 bridgehead atoms. The molecule has 3 N–H and O–H groups in total. The summed E-state index contributed by atoms with van der Waals surface area (Å²) in [5.74, 6) is 0.593. The predicted molar refractivity (Wildman–Crippen MR) is 80.3 cm³/mol. The van der Waals surface area contributed by atoms with Gasteiger partial charge in [0.05, 0.1) is 12.9 Å². The van der Waals surface area contributed by atoms with E-state index in [1.807, 2.05) is 31.2 Å². The molecule has 0 aliphatic heterocycles. The average Bonchev–Trinajstić information content (AvgIpc) is 2.93. The van der Waals surface area contributed by atoms with Gasteiger partial charge in [-0.1, -0.05) is 12.1 Å². The van der Waals surface area contributed by atoms with Gasteiger partial charge in [-0.25, -0.2) is 4.98 Å². The van der Waals surface area contributed by atoms with Crippen LogP contribution in [-0.4, -0.2) is 35.2 Å². The summed E-state index contributed by atoms with van der Waals surface area (Å²) in [6.45, 7) is 4.01. The molecule has 1 heterocycles. The molecule has 112 valence electrons. The second kappa shape index (κ2) is 7.44. The molecular formula is C15H20N4O2. The van der Waals surface area contributed by atoms with Gasteiger partial charge in [0.1, 0.15) is 18.1 Å². The maximum atomic E-state index is 11.9. The average molecular weight is 288 g/mol. The zero-order valence-electron chi connectivity index (χ0n) is 12.1. The Morgan fingerprint density at radius 2 is 2.33 bits per heavy atom. The second-order valence-electron chi connectivity index (χ2n) is 4.71. The minimum atomic E-state index is -0.210. The summed E-state index contributed by atoms with van der Waals surface area (Å²) in [4.78, 5) is 15.9. The molecule has 0 radical (unpaired) electrons. The molecule has 0 aliphatic carbocycles. The van der Waals surface area contributed by atoms with Crippen molar-refractivity contribution in [1.29, 1.82) is 0 Å². The number of aromatic nitrogens is 2. The van der Waals surface area contributed by atoms with Crippen LogP contribution < -0.4 is 15.8 Å². The van der Waals surface area contributed by atoms with Crippen LogP contribution in [0, 0.1) is 6.92 Å². The lowest BCUT2D eigenvalue weighted by Crippen LogP contribution is -2.28. The van der Waals surface area contributed by atoms with Gasteiger partial charge in [-0.15, -0.1) is 0 Å². The van der Waals surface area contributed by atoms with Crippen molar-refractivity contribution in [3.05, 3.63) is 48.0 Å². The highest BCUT2D eigenvalue weighted by molar-refractivity contribution is 5.91. The van der Waals surface area contributed by atoms with Gasteiger partial charge in [-0.3, -0.25) is 4.79 Å². The summed E-state index contributed by atoms with van der Waals surface area (Å²) in [6, 6.07) is 7.79. The molecule has 2 aromatic rings. The van der Waals surface area contributed by atoms with E-state index in [0.29, 0.717) is 31.9 Å². The Hall–Kier alpha value is -2.34. The summed E-state index contributed by atoms with van der Waals surface area (Å²) in [5.41, 5.74) is 6.97. The van der Waals surface area contributed by atoms with Crippen molar-refractivity contribution in [1.82, 2.24) is 14.9 Å². The van der Waals surface area contributed by atoms with Crippen molar-refractivity contribution in [2.24, 2.45) is 5.73 Å². The van der Waals surface area contributed by atoms with E-state index in [9.17, 15) is 4.79 Å². The summed E-state index contributed by atoms with van der Waals surface area (Å²) in [5, 5.41) is 2.77. The molecule has 21 heavy (non-hydrogen) atoms. The molecule has 1 aromatic heterocycles. The molecule has 0 unspecified atom stereocenters. The smallest absolute Gasteiger partial charge is 0.271 e. The Bertz CT molecular complexity index is 595. The van der Waals surface area contributed by atoms with Crippen LogP contribution in [-0.2, 0) is 6.54 Å². The number of carbonyl (C=O) groups excluding carboxylic acids is 1. The molecule has 1 amide bonds. The Kier molecular flexibility index (Phi) is 5.34. The van der Waals surface area contributed by atoms with Crippen molar-refractivity contribution in [3.63, 3.8) is 0 Å². The molecule has 2 rings (SSSR count). The monoisotopic (exact) mass is 288 g/mol. The standard InChI is InChI=1S/C15H20N4O2/c1-12-3-2-4-13(9-12)21-8-6-17-15(20)14-10-19(7-5-16)11-18-14/h2-4,9-11H,5-8,16H2,1H3,(H,17,20). The third-order valence-corrected chi connectivity index (χ3v) is 2.90. The maximum Gasteiger partial charge on any atom is 0.271 e. The fourth-order valence-corrected chi connectivity index (χ4v) is 1.88. The molecule has 1 aromatic carbocycles. The highest BCUT2D eigenvalue weighted by Crippen LogP contribution is 2.11. The summed E-state index contributed by atoms with van der Waals surface area (Å²) in [7, 11) is 0. The number of nitrogens with one attached hydrogen (secondary N) is 1. The quantitative estimate of drug-likeness (QED) is 0.743. The fraction of sp³-hybridized carbons (Fsp3) is 0.333. The van der Waals surface area contributed by atoms with E-state index < -0.39 is 0 Å². The minimum absolute atomic E-state index is 0.210. The van der Waals surface area contributed by atoms with Gasteiger partial charge < -0.3 is 20.4 Å². The first kappa shape index (κ1) is 15.1. The second-order valence-corrected chi connectivity index (χ2v) is 4.71. The Labute approximate surface area is 123 Å². The van der Waals surface area contributed by atoms with Crippen molar-refractivity contribution < 1.29 is 9.53 Å². The van der Waals surface area contributed by atoms with Gasteiger partial charge >= 0.3 is 0 Å². The van der Waals surface area contributed by atoms with Crippen molar-refractivity contribution in [3.8, 4) is 5.75 Å². The number of hydrogen-bond donors (Lipinski definition) is 2. The van der Waals surface area contributed by atoms with E-state index in [4.69, 9.17) is 10.5 Å². The first-order valence-electron chi connectivity index (χ1n) is 6.88. The van der Waals surface area contributed by atoms with Crippen LogP contribution in [0.2, 0.25) is 0 Å². The topological polar surface area (TPSA) is 82.2 Å². The van der Waals surface area contributed by atoms with E-state index in [2.05, 4.69) is 10.3 Å². The number of imidazole rings is 1. The zero-order chi connectivity index (χ0) is 15.1. The van der Waals surface area contributed by atoms with Gasteiger partial charge in [-0.05, 0) is 24.6 Å². The zero-order valence-corrected chi connectivity index (χ0v) is 12.1. The Balaban J connectivity index is 1.73. The number of nitrogens with zero attached hydrogens (tertiary/aromatic N) is 2. The van der Waals surface area contributed by atoms with Crippen LogP contribution in [0.1, 0.15) is 16.1 Å². The van der Waals surface area contributed by atoms with E-state index in [1.54, 1.807) is 17.1 Å². The molecular weight excluding hydrogens is 268 g/mol. The minimum Gasteiger partial charge on any atom is -0.492 e. The van der Waals surface area contributed by atoms with E-state index >= 15 is 0 Å². The van der Waals surface area contributed by atoms with Crippen LogP contribution in [0.25, 0.3) is 0 Å². The van der Waals surface area contributed by atoms with E-state index in [0.717, 1.165) is 11.3 Å². The number of nitrogens with two attached hydrogens (primary N) is 1. The lowest BCUT2D eigenvalue weighted by atomic mass is 10.2. The summed E-state index contributed by atoms with van der Waals surface area (Å²) in [6.07, 6.45) is 3.29. The molecule has 6 nitrogen and oxygen atoms in total. The highest BCUT2D eigenvalue weighted by atomic mass is 16.5. The summed E-state index contributed by atoms with van der Waals surface area (Å²) >= 11 is 0. The third-order valence-electron chi connectivity index (χ3n) is 2.90. The van der Waals surface area contributed by atoms with Gasteiger partial charge in [0.2, 0.25) is 0 Å². The van der Waals surface area contributed by atoms with Gasteiger partial charge in [0.15, 0.2) is 0 Å². The van der Waals surface area contributed by atoms with Gasteiger partial charge in [0, 0.05) is 19.3 Å². The molecule has 0 aliphatic rings. The molecule has 0 saturated carbocycles. The number of carbonyl (C=O) groups is 1. The first-order chi connectivity index (χ1) is 10.2. The van der Waals surface area contributed by atoms with Crippen molar-refractivity contribution in [2.45, 2.75) is 13.5 Å². The SMILES string of the molecule is Cc1cccc(OCCNC(=O)c2cn(CCN)cn2)c1. The fourth-order valence-electron chi connectivity index (χ4n) is 1.88. The van der Waals surface area contributed by atoms with Crippen LogP contribution in [0.3, 0.4) is 0 Å². The maximum absolute atomic E-state index is 11.9. The number of ether oxygens (including phenoxy) is 1. The predicted octanol–water partition coefficient (Wildman–Crippen LogP) is 0.959. The van der Waals surface area contributed by atoms with Crippen LogP contribution in [0.15, 0.2) is 36.8 Å². The Morgan fingerprint density at radius 3 is 3.10 bits per heavy atom. The normalized spacial score (nSPS) is 10.4. The first-order valence-corrected chi connectivity index (χ1v) is 6.88. The lowest BCUT2D eigenvalue weighted by Gasteiger charge is -2.07. The van der Waals surface area contributed by atoms with Crippen molar-refractivity contribution >= 4 is 5.91 Å². The number of benzene rings is 1. The van der Waals surface area contributed by atoms with E-state index in [1.165, 1.54) is 0 Å². The molecule has 0 fully saturated rings. The number of amides is 1. The Morgan fingerprint density at radius 1 is 1.48 bits per heavy atom. The van der Waals surface area contributed by atoms with Crippen LogP contribution in [0.5, 0.6) is 5.75 Å². The number of rotatable bonds is 7. The van der Waals surface area contributed by atoms with E-state index in [-0.39, 0.29) is 5.91 Å².